The summed E-state index contributed by atoms with van der Waals surface area (Å²) in [6, 6.07) is 5.05. The highest BCUT2D eigenvalue weighted by Gasteiger charge is 2.35. The van der Waals surface area contributed by atoms with Crippen LogP contribution >= 0.6 is 0 Å². The van der Waals surface area contributed by atoms with E-state index in [1.165, 1.54) is 5.52 Å². The SMILES string of the molecule is Cc1nc2cnc3[nH]ccc3c2n1C1CCN(CC(O)CO)CC1.Cc1nc2cnc3[nH]ccc3c2n1C1CCN(CC2COC(C)(C)O2)CC1. The van der Waals surface area contributed by atoms with Crippen LogP contribution in [0.4, 0.5) is 0 Å². The van der Waals surface area contributed by atoms with Gasteiger partial charge in [-0.2, -0.15) is 0 Å². The Hall–Kier alpha value is -3.92. The molecule has 0 radical (unpaired) electrons. The Labute approximate surface area is 296 Å². The van der Waals surface area contributed by atoms with Crippen LogP contribution in [0.5, 0.6) is 0 Å². The van der Waals surface area contributed by atoms with Crippen LogP contribution in [0.2, 0.25) is 0 Å². The van der Waals surface area contributed by atoms with Crippen molar-refractivity contribution in [2.24, 2.45) is 0 Å². The van der Waals surface area contributed by atoms with Crippen molar-refractivity contribution in [3.63, 3.8) is 0 Å². The molecular weight excluding hydrogens is 648 g/mol. The van der Waals surface area contributed by atoms with Gasteiger partial charge in [0.1, 0.15) is 34.0 Å². The maximum Gasteiger partial charge on any atom is 0.163 e. The quantitative estimate of drug-likeness (QED) is 0.190. The van der Waals surface area contributed by atoms with E-state index in [2.05, 4.69) is 64.9 Å². The molecule has 272 valence electrons. The first-order valence-corrected chi connectivity index (χ1v) is 18.3. The summed E-state index contributed by atoms with van der Waals surface area (Å²) in [5.74, 6) is 1.66. The normalized spacial score (nSPS) is 21.6. The zero-order valence-electron chi connectivity index (χ0n) is 30.0. The van der Waals surface area contributed by atoms with Gasteiger partial charge in [-0.15, -0.1) is 0 Å². The number of pyridine rings is 2. The minimum Gasteiger partial charge on any atom is -0.394 e. The third kappa shape index (κ3) is 6.76. The van der Waals surface area contributed by atoms with Crippen molar-refractivity contribution >= 4 is 44.1 Å². The van der Waals surface area contributed by atoms with E-state index in [-0.39, 0.29) is 12.7 Å². The number of H-pyrrole nitrogens is 2. The smallest absolute Gasteiger partial charge is 0.163 e. The molecule has 51 heavy (non-hydrogen) atoms. The lowest BCUT2D eigenvalue weighted by atomic mass is 10.0. The third-order valence-electron chi connectivity index (χ3n) is 10.9. The third-order valence-corrected chi connectivity index (χ3v) is 10.9. The summed E-state index contributed by atoms with van der Waals surface area (Å²) in [6.07, 6.45) is 11.4. The number of aromatic amines is 2. The molecule has 0 bridgehead atoms. The standard InChI is InChI=1S/C20H27N5O2.C17H23N5O2/c1-13-23-17-10-22-19-16(4-7-21-19)18(17)25(13)14-5-8-24(9-6-14)11-15-12-26-20(2,3)27-15;1-11-20-15-8-19-17-14(2-5-18-17)16(15)22(11)12-3-6-21(7-4-12)9-13(24)10-23/h4,7,10,14-15H,5-6,8-9,11-12H2,1-3H3,(H,21,22);2,5,8,12-13,23-24H,3-4,6-7,9-10H2,1H3,(H,18,19). The fourth-order valence-electron chi connectivity index (χ4n) is 8.53. The Morgan fingerprint density at radius 1 is 0.824 bits per heavy atom. The van der Waals surface area contributed by atoms with Crippen molar-refractivity contribution in [1.29, 1.82) is 0 Å². The fraction of sp³-hybridized carbons (Fsp3) is 0.568. The Kier molecular flexibility index (Phi) is 9.32. The number of aromatic nitrogens is 8. The zero-order chi connectivity index (χ0) is 35.3. The first-order chi connectivity index (χ1) is 24.7. The van der Waals surface area contributed by atoms with E-state index < -0.39 is 11.9 Å². The van der Waals surface area contributed by atoms with E-state index in [0.717, 1.165) is 109 Å². The monoisotopic (exact) mass is 698 g/mol. The van der Waals surface area contributed by atoms with Crippen LogP contribution in [0.15, 0.2) is 36.9 Å². The minimum atomic E-state index is -0.650. The van der Waals surface area contributed by atoms with Crippen molar-refractivity contribution in [1.82, 2.24) is 48.8 Å². The van der Waals surface area contributed by atoms with Crippen molar-refractivity contribution in [3.05, 3.63) is 48.6 Å². The van der Waals surface area contributed by atoms with Crippen LogP contribution in [0.3, 0.4) is 0 Å². The molecule has 6 aromatic heterocycles. The van der Waals surface area contributed by atoms with E-state index in [1.54, 1.807) is 0 Å². The van der Waals surface area contributed by atoms with Gasteiger partial charge in [-0.05, 0) is 65.5 Å². The van der Waals surface area contributed by atoms with E-state index in [9.17, 15) is 5.11 Å². The molecule has 0 aromatic carbocycles. The molecule has 9 rings (SSSR count). The van der Waals surface area contributed by atoms with Crippen molar-refractivity contribution in [2.75, 3.05) is 52.5 Å². The van der Waals surface area contributed by atoms with Gasteiger partial charge in [0, 0.05) is 74.5 Å². The van der Waals surface area contributed by atoms with Crippen LogP contribution in [-0.4, -0.2) is 130 Å². The Balaban J connectivity index is 0.000000148. The Morgan fingerprint density at radius 2 is 1.33 bits per heavy atom. The number of nitrogens with one attached hydrogen (secondary N) is 2. The molecule has 9 heterocycles. The highest BCUT2D eigenvalue weighted by Crippen LogP contribution is 2.34. The number of aliphatic hydroxyl groups excluding tert-OH is 2. The molecule has 6 aromatic rings. The topological polar surface area (TPSA) is 158 Å². The number of hydrogen-bond acceptors (Lipinski definition) is 10. The van der Waals surface area contributed by atoms with E-state index >= 15 is 0 Å². The molecule has 3 aliphatic rings. The molecule has 4 N–H and O–H groups in total. The molecule has 14 nitrogen and oxygen atoms in total. The van der Waals surface area contributed by atoms with Gasteiger partial charge in [-0.3, -0.25) is 0 Å². The number of fused-ring (bicyclic) bond motifs is 6. The number of β-amino-alcohol motifs (C(OH)–C–C–N with tert-alkyl or cyclic N) is 1. The predicted octanol–water partition coefficient (Wildman–Crippen LogP) is 4.22. The number of nitrogens with zero attached hydrogens (tertiary/aromatic N) is 8. The van der Waals surface area contributed by atoms with Crippen LogP contribution < -0.4 is 0 Å². The molecule has 0 saturated carbocycles. The van der Waals surface area contributed by atoms with Crippen molar-refractivity contribution in [3.8, 4) is 0 Å². The molecule has 0 amide bonds. The second-order valence-electron chi connectivity index (χ2n) is 14.9. The first kappa shape index (κ1) is 34.2. The minimum absolute atomic E-state index is 0.177. The van der Waals surface area contributed by atoms with Gasteiger partial charge in [0.25, 0.3) is 0 Å². The Bertz CT molecular complexity index is 2120. The van der Waals surface area contributed by atoms with Gasteiger partial charge >= 0.3 is 0 Å². The second kappa shape index (κ2) is 13.9. The van der Waals surface area contributed by atoms with E-state index in [4.69, 9.17) is 24.5 Å². The number of aliphatic hydroxyl groups is 2. The lowest BCUT2D eigenvalue weighted by Gasteiger charge is -2.34. The van der Waals surface area contributed by atoms with Crippen LogP contribution in [0.1, 0.15) is 63.3 Å². The van der Waals surface area contributed by atoms with Gasteiger partial charge in [0.15, 0.2) is 5.79 Å². The lowest BCUT2D eigenvalue weighted by Crippen LogP contribution is -2.40. The van der Waals surface area contributed by atoms with E-state index in [0.29, 0.717) is 25.2 Å². The number of imidazole rings is 2. The highest BCUT2D eigenvalue weighted by molar-refractivity contribution is 6.02. The number of hydrogen-bond donors (Lipinski definition) is 4. The second-order valence-corrected chi connectivity index (χ2v) is 14.9. The molecule has 0 aliphatic carbocycles. The molecule has 2 unspecified atom stereocenters. The molecule has 3 aliphatic heterocycles. The number of piperidine rings is 2. The van der Waals surface area contributed by atoms with Gasteiger partial charge < -0.3 is 48.6 Å². The van der Waals surface area contributed by atoms with Gasteiger partial charge in [-0.25, -0.2) is 19.9 Å². The van der Waals surface area contributed by atoms with E-state index in [1.807, 2.05) is 38.6 Å². The fourth-order valence-corrected chi connectivity index (χ4v) is 8.53. The highest BCUT2D eigenvalue weighted by atomic mass is 16.7. The molecule has 3 saturated heterocycles. The Morgan fingerprint density at radius 3 is 1.80 bits per heavy atom. The van der Waals surface area contributed by atoms with Crippen molar-refractivity contribution < 1.29 is 19.7 Å². The average Bonchev–Trinajstić information content (AvgIpc) is 3.95. The largest absolute Gasteiger partial charge is 0.394 e. The lowest BCUT2D eigenvalue weighted by molar-refractivity contribution is -0.140. The zero-order valence-corrected chi connectivity index (χ0v) is 30.0. The number of likely N-dealkylation sites (tertiary alicyclic amines) is 2. The first-order valence-electron chi connectivity index (χ1n) is 18.3. The summed E-state index contributed by atoms with van der Waals surface area (Å²) >= 11 is 0. The summed E-state index contributed by atoms with van der Waals surface area (Å²) in [4.78, 5) is 29.5. The van der Waals surface area contributed by atoms with Gasteiger partial charge in [0.05, 0.1) is 48.8 Å². The van der Waals surface area contributed by atoms with Gasteiger partial charge in [0.2, 0.25) is 0 Å². The average molecular weight is 699 g/mol. The maximum absolute atomic E-state index is 9.62. The van der Waals surface area contributed by atoms with Crippen LogP contribution in [-0.2, 0) is 9.47 Å². The predicted molar refractivity (Wildman–Crippen MR) is 196 cm³/mol. The molecule has 14 heteroatoms. The summed E-state index contributed by atoms with van der Waals surface area (Å²) < 4.78 is 16.5. The van der Waals surface area contributed by atoms with Crippen LogP contribution in [0.25, 0.3) is 44.1 Å². The van der Waals surface area contributed by atoms with Crippen molar-refractivity contribution in [2.45, 2.75) is 83.5 Å². The summed E-state index contributed by atoms with van der Waals surface area (Å²) in [5.41, 5.74) is 6.13. The van der Waals surface area contributed by atoms with Gasteiger partial charge in [-0.1, -0.05) is 0 Å². The number of aryl methyl sites for hydroxylation is 2. The summed E-state index contributed by atoms with van der Waals surface area (Å²) in [7, 11) is 0. The molecule has 3 fully saturated rings. The number of ether oxygens (including phenoxy) is 2. The molecular formula is C37H50N10O4. The number of rotatable bonds is 7. The maximum atomic E-state index is 9.62. The van der Waals surface area contributed by atoms with Crippen LogP contribution in [0, 0.1) is 13.8 Å². The summed E-state index contributed by atoms with van der Waals surface area (Å²) in [5, 5.41) is 20.9. The summed E-state index contributed by atoms with van der Waals surface area (Å²) in [6.45, 7) is 14.1. The molecule has 0 spiro atoms. The molecule has 2 atom stereocenters.